The van der Waals surface area contributed by atoms with Crippen molar-refractivity contribution >= 4 is 0 Å². The average molecular weight is 333 g/mol. The molecule has 0 saturated carbocycles. The second-order valence-electron chi connectivity index (χ2n) is 7.25. The Bertz CT molecular complexity index is 245. The Labute approximate surface area is 144 Å². The van der Waals surface area contributed by atoms with E-state index >= 15 is 0 Å². The lowest BCUT2D eigenvalue weighted by Crippen LogP contribution is -2.41. The number of ether oxygens (including phenoxy) is 1. The van der Waals surface area contributed by atoms with Gasteiger partial charge in [0.15, 0.2) is 0 Å². The predicted octanol–water partition coefficient (Wildman–Crippen LogP) is 5.57. The monoisotopic (exact) mass is 332 g/mol. The first-order valence-electron chi connectivity index (χ1n) is 9.88. The third kappa shape index (κ3) is 18.0. The molecule has 0 fully saturated rings. The second-order valence-corrected chi connectivity index (χ2v) is 7.25. The van der Waals surface area contributed by atoms with E-state index in [1.165, 1.54) is 51.4 Å². The molecule has 0 heterocycles. The van der Waals surface area contributed by atoms with Crippen molar-refractivity contribution < 1.29 is 20.0 Å². The minimum Gasteiger partial charge on any atom is -0.381 e. The largest absolute Gasteiger partial charge is 0.381 e. The van der Waals surface area contributed by atoms with Crippen molar-refractivity contribution in [1.82, 2.24) is 0 Å². The van der Waals surface area contributed by atoms with E-state index in [9.17, 15) is 10.4 Å². The Morgan fingerprint density at radius 2 is 1.22 bits per heavy atom. The van der Waals surface area contributed by atoms with Crippen molar-refractivity contribution in [3.05, 3.63) is 0 Å². The van der Waals surface area contributed by atoms with Crippen LogP contribution in [0.5, 0.6) is 0 Å². The van der Waals surface area contributed by atoms with Crippen LogP contribution in [-0.4, -0.2) is 41.5 Å². The van der Waals surface area contributed by atoms with Crippen molar-refractivity contribution in [3.8, 4) is 0 Å². The molecule has 0 spiro atoms. The summed E-state index contributed by atoms with van der Waals surface area (Å²) >= 11 is 0. The number of hydroxylamine groups is 4. The maximum atomic E-state index is 9.39. The summed E-state index contributed by atoms with van der Waals surface area (Å²) in [4.78, 5) is -0.864. The number of hydrogen-bond donors (Lipinski definition) is 2. The van der Waals surface area contributed by atoms with Crippen molar-refractivity contribution in [1.29, 1.82) is 0 Å². The van der Waals surface area contributed by atoms with E-state index in [-0.39, 0.29) is 0 Å². The van der Waals surface area contributed by atoms with E-state index in [1.54, 1.807) is 6.92 Å². The van der Waals surface area contributed by atoms with Gasteiger partial charge in [0.05, 0.1) is 0 Å². The highest BCUT2D eigenvalue weighted by Gasteiger charge is 2.17. The molecule has 4 nitrogen and oxygen atoms in total. The molecule has 0 aromatic heterocycles. The zero-order chi connectivity index (χ0) is 17.4. The fraction of sp³-hybridized carbons (Fsp3) is 1.00. The fourth-order valence-electron chi connectivity index (χ4n) is 2.65. The fourth-order valence-corrected chi connectivity index (χ4v) is 2.65. The molecule has 0 rings (SSSR count). The smallest absolute Gasteiger partial charge is 0.142 e. The van der Waals surface area contributed by atoms with E-state index < -0.39 is 4.81 Å². The summed E-state index contributed by atoms with van der Waals surface area (Å²) in [5.74, 6) is 0.857. The highest BCUT2D eigenvalue weighted by atomic mass is 16.8. The van der Waals surface area contributed by atoms with Gasteiger partial charge in [-0.05, 0) is 30.5 Å². The van der Waals surface area contributed by atoms with Crippen molar-refractivity contribution in [2.75, 3.05) is 26.3 Å². The van der Waals surface area contributed by atoms with E-state index in [1.807, 2.05) is 0 Å². The van der Waals surface area contributed by atoms with Crippen LogP contribution in [0.3, 0.4) is 0 Å². The van der Waals surface area contributed by atoms with Crippen molar-refractivity contribution in [2.24, 2.45) is 5.92 Å². The lowest BCUT2D eigenvalue weighted by atomic mass is 10.0. The van der Waals surface area contributed by atoms with Gasteiger partial charge in [0.1, 0.15) is 13.1 Å². The number of rotatable bonds is 17. The summed E-state index contributed by atoms with van der Waals surface area (Å²) in [6.45, 7) is 8.68. The number of unbranched alkanes of at least 4 members (excludes halogenated alkanes) is 8. The van der Waals surface area contributed by atoms with Gasteiger partial charge in [-0.25, -0.2) is 0 Å². The van der Waals surface area contributed by atoms with Crippen LogP contribution in [0.25, 0.3) is 0 Å². The van der Waals surface area contributed by atoms with Gasteiger partial charge in [-0.2, -0.15) is 10.4 Å². The van der Waals surface area contributed by atoms with Gasteiger partial charge in [0.25, 0.3) is 0 Å². The van der Waals surface area contributed by atoms with Gasteiger partial charge in [-0.15, -0.1) is 0 Å². The number of nitrogens with zero attached hydrogens (tertiary/aromatic N) is 1. The Hall–Kier alpha value is -0.160. The van der Waals surface area contributed by atoms with Gasteiger partial charge in [0, 0.05) is 19.6 Å². The molecule has 0 atom stereocenters. The summed E-state index contributed by atoms with van der Waals surface area (Å²) in [7, 11) is 0. The topological polar surface area (TPSA) is 49.7 Å². The maximum absolute atomic E-state index is 9.39. The molecule has 4 heteroatoms. The summed E-state index contributed by atoms with van der Waals surface area (Å²) in [6, 6.07) is 0. The van der Waals surface area contributed by atoms with E-state index in [0.29, 0.717) is 13.1 Å². The molecule has 0 aliphatic carbocycles. The van der Waals surface area contributed by atoms with Gasteiger partial charge < -0.3 is 4.74 Å². The third-order valence-electron chi connectivity index (χ3n) is 4.38. The summed E-state index contributed by atoms with van der Waals surface area (Å²) in [6.07, 6.45) is 13.8. The molecule has 0 aliphatic rings. The zero-order valence-corrected chi connectivity index (χ0v) is 15.9. The quantitative estimate of drug-likeness (QED) is 0.208. The number of quaternary nitrogens is 1. The predicted molar refractivity (Wildman–Crippen MR) is 95.7 cm³/mol. The van der Waals surface area contributed by atoms with Crippen LogP contribution in [0.1, 0.15) is 91.4 Å². The molecule has 140 valence electrons. The third-order valence-corrected chi connectivity index (χ3v) is 4.38. The molecular formula is C19H42NO3+. The van der Waals surface area contributed by atoms with E-state index in [0.717, 1.165) is 38.4 Å². The molecule has 0 amide bonds. The Kier molecular flexibility index (Phi) is 15.3. The van der Waals surface area contributed by atoms with Crippen LogP contribution in [0.2, 0.25) is 0 Å². The Morgan fingerprint density at radius 3 is 1.74 bits per heavy atom. The minimum absolute atomic E-state index is 0.332. The molecular weight excluding hydrogens is 290 g/mol. The minimum atomic E-state index is -0.864. The highest BCUT2D eigenvalue weighted by molar-refractivity contribution is 4.49. The van der Waals surface area contributed by atoms with Crippen LogP contribution in [0, 0.1) is 5.92 Å². The zero-order valence-electron chi connectivity index (χ0n) is 15.9. The van der Waals surface area contributed by atoms with Gasteiger partial charge >= 0.3 is 0 Å². The SMILES string of the molecule is CC[N+](O)(O)CCCCOCCCCCCCCCCC(C)C. The first-order valence-corrected chi connectivity index (χ1v) is 9.88. The molecule has 2 N–H and O–H groups in total. The molecule has 23 heavy (non-hydrogen) atoms. The van der Waals surface area contributed by atoms with Crippen LogP contribution < -0.4 is 0 Å². The Morgan fingerprint density at radius 1 is 0.739 bits per heavy atom. The van der Waals surface area contributed by atoms with Crippen LogP contribution >= 0.6 is 0 Å². The molecule has 0 bridgehead atoms. The van der Waals surface area contributed by atoms with Gasteiger partial charge in [-0.3, -0.25) is 0 Å². The molecule has 0 aliphatic heterocycles. The molecule has 0 aromatic carbocycles. The standard InChI is InChI=1S/C19H42NO3/c1-4-20(21,22)16-12-14-18-23-17-13-10-8-6-5-7-9-11-15-19(2)3/h19,21-22H,4-18H2,1-3H3/q+1. The van der Waals surface area contributed by atoms with Crippen molar-refractivity contribution in [3.63, 3.8) is 0 Å². The van der Waals surface area contributed by atoms with E-state index in [2.05, 4.69) is 13.8 Å². The van der Waals surface area contributed by atoms with Crippen LogP contribution in [-0.2, 0) is 4.74 Å². The molecule has 0 radical (unpaired) electrons. The van der Waals surface area contributed by atoms with Crippen LogP contribution in [0.4, 0.5) is 0 Å². The van der Waals surface area contributed by atoms with Crippen molar-refractivity contribution in [2.45, 2.75) is 91.4 Å². The highest BCUT2D eigenvalue weighted by Crippen LogP contribution is 2.12. The van der Waals surface area contributed by atoms with Gasteiger partial charge in [-0.1, -0.05) is 65.2 Å². The second kappa shape index (κ2) is 15.4. The average Bonchev–Trinajstić information content (AvgIpc) is 2.50. The Balaban J connectivity index is 3.08. The van der Waals surface area contributed by atoms with Gasteiger partial charge in [0.2, 0.25) is 0 Å². The van der Waals surface area contributed by atoms with E-state index in [4.69, 9.17) is 4.74 Å². The molecule has 0 aromatic rings. The summed E-state index contributed by atoms with van der Waals surface area (Å²) in [5, 5.41) is 18.8. The van der Waals surface area contributed by atoms with Crippen LogP contribution in [0.15, 0.2) is 0 Å². The number of hydrogen-bond acceptors (Lipinski definition) is 3. The summed E-state index contributed by atoms with van der Waals surface area (Å²) in [5.41, 5.74) is 0. The first-order chi connectivity index (χ1) is 11.0. The lowest BCUT2D eigenvalue weighted by Gasteiger charge is -2.18. The first kappa shape index (κ1) is 22.8. The summed E-state index contributed by atoms with van der Waals surface area (Å²) < 4.78 is 5.59. The normalized spacial score (nSPS) is 12.3. The maximum Gasteiger partial charge on any atom is 0.142 e. The molecule has 0 unspecified atom stereocenters. The molecule has 0 saturated heterocycles. The lowest BCUT2D eigenvalue weighted by molar-refractivity contribution is -1.24.